The fraction of sp³-hybridized carbons (Fsp3) is 0.615. The zero-order valence-corrected chi connectivity index (χ0v) is 13.3. The van der Waals surface area contributed by atoms with Gasteiger partial charge in [0.2, 0.25) is 5.28 Å². The highest BCUT2D eigenvalue weighted by atomic mass is 35.5. The number of imidazole rings is 1. The number of aromatic nitrogens is 4. The predicted octanol–water partition coefficient (Wildman–Crippen LogP) is -0.581. The van der Waals surface area contributed by atoms with Crippen molar-refractivity contribution in [3.63, 3.8) is 0 Å². The molecule has 1 aliphatic rings. The summed E-state index contributed by atoms with van der Waals surface area (Å²) in [5, 5.41) is 0.224. The predicted molar refractivity (Wildman–Crippen MR) is 82.5 cm³/mol. The lowest BCUT2D eigenvalue weighted by atomic mass is 10.4. The molecule has 3 heterocycles. The monoisotopic (exact) mass is 327 g/mol. The second-order valence-electron chi connectivity index (χ2n) is 5.36. The van der Waals surface area contributed by atoms with Gasteiger partial charge in [0.1, 0.15) is 0 Å². The third-order valence-corrected chi connectivity index (χ3v) is 4.33. The smallest absolute Gasteiger partial charge is 0.332 e. The molecule has 0 unspecified atom stereocenters. The van der Waals surface area contributed by atoms with Crippen LogP contribution in [0.2, 0.25) is 5.28 Å². The molecule has 0 N–H and O–H groups in total. The Morgan fingerprint density at radius 2 is 1.82 bits per heavy atom. The number of hydrogen-bond acceptors (Lipinski definition) is 5. The van der Waals surface area contributed by atoms with E-state index in [-0.39, 0.29) is 10.8 Å². The van der Waals surface area contributed by atoms with Crippen LogP contribution in [0, 0.1) is 0 Å². The van der Waals surface area contributed by atoms with Crippen LogP contribution in [-0.2, 0) is 25.4 Å². The van der Waals surface area contributed by atoms with Crippen molar-refractivity contribution < 1.29 is 4.74 Å². The number of aryl methyl sites for hydroxylation is 1. The SMILES string of the molecule is Cn1c(=O)c2c(nc(Cl)n2CCN2CCOCC2)n(C)c1=O. The summed E-state index contributed by atoms with van der Waals surface area (Å²) in [5.41, 5.74) is -0.102. The van der Waals surface area contributed by atoms with Gasteiger partial charge in [-0.1, -0.05) is 0 Å². The quantitative estimate of drug-likeness (QED) is 0.705. The maximum atomic E-state index is 12.4. The van der Waals surface area contributed by atoms with E-state index in [0.29, 0.717) is 30.9 Å². The van der Waals surface area contributed by atoms with Crippen molar-refractivity contribution >= 4 is 22.8 Å². The summed E-state index contributed by atoms with van der Waals surface area (Å²) in [6.07, 6.45) is 0. The maximum Gasteiger partial charge on any atom is 0.332 e. The van der Waals surface area contributed by atoms with Gasteiger partial charge in [-0.3, -0.25) is 18.8 Å². The lowest BCUT2D eigenvalue weighted by Crippen LogP contribution is -2.39. The summed E-state index contributed by atoms with van der Waals surface area (Å²) in [6, 6.07) is 0. The van der Waals surface area contributed by atoms with Crippen LogP contribution in [0.3, 0.4) is 0 Å². The molecule has 1 aliphatic heterocycles. The average Bonchev–Trinajstić information content (AvgIpc) is 2.86. The van der Waals surface area contributed by atoms with Crippen molar-refractivity contribution in [2.45, 2.75) is 6.54 Å². The van der Waals surface area contributed by atoms with Gasteiger partial charge in [-0.05, 0) is 11.6 Å². The molecule has 2 aromatic heterocycles. The molecular formula is C13H18ClN5O3. The fourth-order valence-electron chi connectivity index (χ4n) is 2.69. The highest BCUT2D eigenvalue weighted by Gasteiger charge is 2.19. The molecule has 0 spiro atoms. The van der Waals surface area contributed by atoms with Crippen LogP contribution in [0.15, 0.2) is 9.59 Å². The minimum Gasteiger partial charge on any atom is -0.379 e. The molecule has 3 rings (SSSR count). The Hall–Kier alpha value is -1.64. The van der Waals surface area contributed by atoms with E-state index in [1.807, 2.05) is 0 Å². The first-order chi connectivity index (χ1) is 10.5. The number of hydrogen-bond donors (Lipinski definition) is 0. The summed E-state index contributed by atoms with van der Waals surface area (Å²) in [4.78, 5) is 30.7. The van der Waals surface area contributed by atoms with E-state index in [1.54, 1.807) is 11.6 Å². The van der Waals surface area contributed by atoms with Gasteiger partial charge in [0.05, 0.1) is 13.2 Å². The molecule has 8 nitrogen and oxygen atoms in total. The van der Waals surface area contributed by atoms with E-state index in [9.17, 15) is 9.59 Å². The van der Waals surface area contributed by atoms with Crippen molar-refractivity contribution in [2.75, 3.05) is 32.8 Å². The molecule has 1 saturated heterocycles. The Morgan fingerprint density at radius 1 is 1.14 bits per heavy atom. The largest absolute Gasteiger partial charge is 0.379 e. The number of ether oxygens (including phenoxy) is 1. The Balaban J connectivity index is 2.00. The summed E-state index contributed by atoms with van der Waals surface area (Å²) in [7, 11) is 3.04. The molecular weight excluding hydrogens is 310 g/mol. The molecule has 0 amide bonds. The topological polar surface area (TPSA) is 74.3 Å². The van der Waals surface area contributed by atoms with Crippen LogP contribution in [0.1, 0.15) is 0 Å². The molecule has 22 heavy (non-hydrogen) atoms. The molecule has 120 valence electrons. The zero-order valence-electron chi connectivity index (χ0n) is 12.6. The van der Waals surface area contributed by atoms with E-state index in [1.165, 1.54) is 11.6 Å². The Bertz CT molecular complexity index is 816. The standard InChI is InChI=1S/C13H18ClN5O3/c1-16-10-9(11(20)17(2)13(16)21)19(12(14)15-10)4-3-18-5-7-22-8-6-18/h3-8H2,1-2H3. The highest BCUT2D eigenvalue weighted by molar-refractivity contribution is 6.29. The number of fused-ring (bicyclic) bond motifs is 1. The van der Waals surface area contributed by atoms with Crippen LogP contribution in [-0.4, -0.2) is 56.4 Å². The number of halogens is 1. The van der Waals surface area contributed by atoms with E-state index < -0.39 is 5.69 Å². The molecule has 0 atom stereocenters. The molecule has 0 aromatic carbocycles. The third kappa shape index (κ3) is 2.47. The fourth-order valence-corrected chi connectivity index (χ4v) is 2.94. The van der Waals surface area contributed by atoms with E-state index >= 15 is 0 Å². The van der Waals surface area contributed by atoms with E-state index in [2.05, 4.69) is 9.88 Å². The average molecular weight is 328 g/mol. The van der Waals surface area contributed by atoms with Crippen molar-refractivity contribution in [3.05, 3.63) is 26.1 Å². The van der Waals surface area contributed by atoms with Gasteiger partial charge in [0, 0.05) is 40.3 Å². The third-order valence-electron chi connectivity index (χ3n) is 4.04. The van der Waals surface area contributed by atoms with Gasteiger partial charge in [-0.2, -0.15) is 4.98 Å². The molecule has 0 aliphatic carbocycles. The highest BCUT2D eigenvalue weighted by Crippen LogP contribution is 2.15. The van der Waals surface area contributed by atoms with Crippen LogP contribution < -0.4 is 11.2 Å². The summed E-state index contributed by atoms with van der Waals surface area (Å²) < 4.78 is 9.41. The van der Waals surface area contributed by atoms with Gasteiger partial charge < -0.3 is 9.30 Å². The second kappa shape index (κ2) is 5.86. The molecule has 9 heteroatoms. The van der Waals surface area contributed by atoms with Gasteiger partial charge in [-0.25, -0.2) is 4.79 Å². The summed E-state index contributed by atoms with van der Waals surface area (Å²) in [5.74, 6) is 0. The molecule has 0 saturated carbocycles. The minimum absolute atomic E-state index is 0.224. The Labute approximate surface area is 131 Å². The number of nitrogens with zero attached hydrogens (tertiary/aromatic N) is 5. The first-order valence-corrected chi connectivity index (χ1v) is 7.50. The zero-order chi connectivity index (χ0) is 15.9. The van der Waals surface area contributed by atoms with Crippen LogP contribution >= 0.6 is 11.6 Å². The van der Waals surface area contributed by atoms with E-state index in [4.69, 9.17) is 16.3 Å². The second-order valence-corrected chi connectivity index (χ2v) is 5.70. The maximum absolute atomic E-state index is 12.4. The van der Waals surface area contributed by atoms with Gasteiger partial charge in [0.25, 0.3) is 5.56 Å². The lowest BCUT2D eigenvalue weighted by Gasteiger charge is -2.26. The number of morpholine rings is 1. The van der Waals surface area contributed by atoms with E-state index in [0.717, 1.165) is 24.2 Å². The molecule has 1 fully saturated rings. The van der Waals surface area contributed by atoms with Crippen molar-refractivity contribution in [3.8, 4) is 0 Å². The van der Waals surface area contributed by atoms with Crippen molar-refractivity contribution in [2.24, 2.45) is 14.1 Å². The molecule has 0 radical (unpaired) electrons. The van der Waals surface area contributed by atoms with Gasteiger partial charge in [-0.15, -0.1) is 0 Å². The summed E-state index contributed by atoms with van der Waals surface area (Å²) in [6.45, 7) is 4.45. The van der Waals surface area contributed by atoms with Crippen molar-refractivity contribution in [1.82, 2.24) is 23.6 Å². The first kappa shape index (κ1) is 15.3. The van der Waals surface area contributed by atoms with Crippen LogP contribution in [0.5, 0.6) is 0 Å². The van der Waals surface area contributed by atoms with Crippen LogP contribution in [0.25, 0.3) is 11.2 Å². The molecule has 0 bridgehead atoms. The Morgan fingerprint density at radius 3 is 2.50 bits per heavy atom. The number of rotatable bonds is 3. The lowest BCUT2D eigenvalue weighted by molar-refractivity contribution is 0.0365. The molecule has 2 aromatic rings. The summed E-state index contributed by atoms with van der Waals surface area (Å²) >= 11 is 6.18. The first-order valence-electron chi connectivity index (χ1n) is 7.12. The van der Waals surface area contributed by atoms with Gasteiger partial charge >= 0.3 is 5.69 Å². The normalized spacial score (nSPS) is 16.5. The Kier molecular flexibility index (Phi) is 4.07. The minimum atomic E-state index is -0.410. The van der Waals surface area contributed by atoms with Crippen LogP contribution in [0.4, 0.5) is 0 Å². The van der Waals surface area contributed by atoms with Gasteiger partial charge in [0.15, 0.2) is 11.2 Å². The van der Waals surface area contributed by atoms with Crippen molar-refractivity contribution in [1.29, 1.82) is 0 Å².